The fourth-order valence-electron chi connectivity index (χ4n) is 4.77. The van der Waals surface area contributed by atoms with Crippen LogP contribution in [0.15, 0.2) is 83.9 Å². The van der Waals surface area contributed by atoms with Crippen molar-refractivity contribution in [2.24, 2.45) is 0 Å². The van der Waals surface area contributed by atoms with Crippen LogP contribution in [-0.2, 0) is 10.0 Å². The maximum Gasteiger partial charge on any atom is 0.264 e. The van der Waals surface area contributed by atoms with Crippen LogP contribution in [-0.4, -0.2) is 55.3 Å². The molecule has 10 heteroatoms. The summed E-state index contributed by atoms with van der Waals surface area (Å²) in [4.78, 5) is 21.0. The Morgan fingerprint density at radius 2 is 1.53 bits per heavy atom. The van der Waals surface area contributed by atoms with E-state index in [4.69, 9.17) is 0 Å². The molecule has 3 aromatic carbocycles. The molecule has 0 radical (unpaired) electrons. The molecule has 1 aliphatic heterocycles. The molecule has 196 valence electrons. The molecule has 1 unspecified atom stereocenters. The Bertz CT molecular complexity index is 1560. The van der Waals surface area contributed by atoms with Gasteiger partial charge in [-0.05, 0) is 55.5 Å². The number of benzene rings is 3. The summed E-state index contributed by atoms with van der Waals surface area (Å²) >= 11 is 0. The van der Waals surface area contributed by atoms with Crippen LogP contribution in [0.2, 0.25) is 0 Å². The van der Waals surface area contributed by atoms with E-state index in [9.17, 15) is 22.0 Å². The van der Waals surface area contributed by atoms with E-state index in [0.29, 0.717) is 48.3 Å². The number of aromatic nitrogens is 1. The number of hydrogen-bond donors (Lipinski definition) is 1. The lowest BCUT2D eigenvalue weighted by atomic mass is 10.0. The van der Waals surface area contributed by atoms with E-state index in [1.807, 2.05) is 4.90 Å². The molecule has 0 saturated carbocycles. The smallest absolute Gasteiger partial charge is 0.264 e. The first-order chi connectivity index (χ1) is 18.2. The van der Waals surface area contributed by atoms with Crippen LogP contribution in [0.4, 0.5) is 14.5 Å². The molecule has 1 fully saturated rings. The highest BCUT2D eigenvalue weighted by molar-refractivity contribution is 7.93. The molecule has 1 amide bonds. The van der Waals surface area contributed by atoms with Gasteiger partial charge in [0.05, 0.1) is 5.52 Å². The topological polar surface area (TPSA) is 82.6 Å². The Kier molecular flexibility index (Phi) is 7.09. The zero-order valence-corrected chi connectivity index (χ0v) is 21.5. The van der Waals surface area contributed by atoms with Gasteiger partial charge in [-0.25, -0.2) is 17.2 Å². The Morgan fingerprint density at radius 1 is 0.895 bits per heavy atom. The molecule has 7 nitrogen and oxygen atoms in total. The van der Waals surface area contributed by atoms with Crippen molar-refractivity contribution in [1.29, 1.82) is 0 Å². The van der Waals surface area contributed by atoms with Gasteiger partial charge >= 0.3 is 0 Å². The number of nitrogens with zero attached hydrogens (tertiary/aromatic N) is 3. The van der Waals surface area contributed by atoms with Gasteiger partial charge in [-0.2, -0.15) is 0 Å². The SMILES string of the molecule is CC(c1c(F)cccc1F)N1CCN(C(=O)c2ccc(NS(=O)(=O)c3cccc4cccnc34)cc2)CC1. The third kappa shape index (κ3) is 5.09. The second kappa shape index (κ2) is 10.5. The second-order valence-corrected chi connectivity index (χ2v) is 10.8. The molecule has 0 spiro atoms. The molecule has 5 rings (SSSR count). The van der Waals surface area contributed by atoms with E-state index < -0.39 is 27.7 Å². The first kappa shape index (κ1) is 25.7. The molecule has 1 aromatic heterocycles. The van der Waals surface area contributed by atoms with Gasteiger partial charge in [0.2, 0.25) is 0 Å². The van der Waals surface area contributed by atoms with Crippen LogP contribution in [0.5, 0.6) is 0 Å². The number of para-hydroxylation sites is 1. The number of carbonyl (C=O) groups is 1. The monoisotopic (exact) mass is 536 g/mol. The number of rotatable bonds is 6. The number of pyridine rings is 1. The number of amides is 1. The Morgan fingerprint density at radius 3 is 2.21 bits per heavy atom. The molecule has 1 saturated heterocycles. The summed E-state index contributed by atoms with van der Waals surface area (Å²) in [5, 5.41) is 0.713. The Labute approximate surface area is 219 Å². The molecule has 38 heavy (non-hydrogen) atoms. The predicted molar refractivity (Wildman–Crippen MR) is 141 cm³/mol. The average Bonchev–Trinajstić information content (AvgIpc) is 2.92. The molecule has 1 aliphatic rings. The normalized spacial score (nSPS) is 15.4. The van der Waals surface area contributed by atoms with Gasteiger partial charge in [-0.15, -0.1) is 0 Å². The quantitative estimate of drug-likeness (QED) is 0.382. The number of nitrogens with one attached hydrogen (secondary N) is 1. The summed E-state index contributed by atoms with van der Waals surface area (Å²) in [6.07, 6.45) is 1.54. The molecule has 0 bridgehead atoms. The molecular weight excluding hydrogens is 510 g/mol. The molecule has 0 aliphatic carbocycles. The van der Waals surface area contributed by atoms with Gasteiger partial charge in [0.1, 0.15) is 16.5 Å². The maximum atomic E-state index is 14.2. The van der Waals surface area contributed by atoms with Crippen molar-refractivity contribution in [2.45, 2.75) is 17.9 Å². The van der Waals surface area contributed by atoms with Crippen LogP contribution in [0.3, 0.4) is 0 Å². The number of hydrogen-bond acceptors (Lipinski definition) is 5. The van der Waals surface area contributed by atoms with Gasteiger partial charge < -0.3 is 4.90 Å². The Balaban J connectivity index is 1.23. The van der Waals surface area contributed by atoms with E-state index >= 15 is 0 Å². The first-order valence-electron chi connectivity index (χ1n) is 12.2. The average molecular weight is 537 g/mol. The zero-order valence-electron chi connectivity index (χ0n) is 20.6. The molecule has 1 N–H and O–H groups in total. The second-order valence-electron chi connectivity index (χ2n) is 9.15. The molecule has 4 aromatic rings. The third-order valence-electron chi connectivity index (χ3n) is 6.84. The van der Waals surface area contributed by atoms with Crippen molar-refractivity contribution in [2.75, 3.05) is 30.9 Å². The van der Waals surface area contributed by atoms with E-state index in [0.717, 1.165) is 0 Å². The highest BCUT2D eigenvalue weighted by Gasteiger charge is 2.28. The lowest BCUT2D eigenvalue weighted by Crippen LogP contribution is -2.49. The largest absolute Gasteiger partial charge is 0.336 e. The van der Waals surface area contributed by atoms with E-state index in [-0.39, 0.29) is 16.4 Å². The fourth-order valence-corrected chi connectivity index (χ4v) is 6.01. The van der Waals surface area contributed by atoms with E-state index in [1.165, 1.54) is 24.3 Å². The minimum Gasteiger partial charge on any atom is -0.336 e. The lowest BCUT2D eigenvalue weighted by molar-refractivity contribution is 0.0576. The number of carbonyl (C=O) groups excluding carboxylic acids is 1. The van der Waals surface area contributed by atoms with Crippen molar-refractivity contribution in [1.82, 2.24) is 14.8 Å². The van der Waals surface area contributed by atoms with Gasteiger partial charge in [0, 0.05) is 60.6 Å². The van der Waals surface area contributed by atoms with Gasteiger partial charge in [0.25, 0.3) is 15.9 Å². The Hall–Kier alpha value is -3.89. The van der Waals surface area contributed by atoms with Gasteiger partial charge in [-0.1, -0.05) is 24.3 Å². The number of sulfonamides is 1. The molecular formula is C28H26F2N4O3S. The lowest BCUT2D eigenvalue weighted by Gasteiger charge is -2.38. The van der Waals surface area contributed by atoms with Crippen molar-refractivity contribution >= 4 is 32.5 Å². The minimum absolute atomic E-state index is 0.0320. The van der Waals surface area contributed by atoms with Crippen LogP contribution < -0.4 is 4.72 Å². The van der Waals surface area contributed by atoms with E-state index in [2.05, 4.69) is 9.71 Å². The highest BCUT2D eigenvalue weighted by atomic mass is 32.2. The van der Waals surface area contributed by atoms with Crippen LogP contribution >= 0.6 is 0 Å². The summed E-state index contributed by atoms with van der Waals surface area (Å²) in [6.45, 7) is 3.51. The summed E-state index contributed by atoms with van der Waals surface area (Å²) in [5.74, 6) is -1.35. The maximum absolute atomic E-state index is 14.2. The van der Waals surface area contributed by atoms with Gasteiger partial charge in [0.15, 0.2) is 0 Å². The van der Waals surface area contributed by atoms with Crippen molar-refractivity contribution < 1.29 is 22.0 Å². The van der Waals surface area contributed by atoms with E-state index in [1.54, 1.807) is 66.6 Å². The van der Waals surface area contributed by atoms with Crippen LogP contribution in [0.1, 0.15) is 28.9 Å². The molecule has 2 heterocycles. The minimum atomic E-state index is -3.90. The first-order valence-corrected chi connectivity index (χ1v) is 13.7. The molecule has 1 atom stereocenters. The van der Waals surface area contributed by atoms with Crippen molar-refractivity contribution in [3.05, 3.63) is 102 Å². The van der Waals surface area contributed by atoms with Crippen molar-refractivity contribution in [3.63, 3.8) is 0 Å². The predicted octanol–water partition coefficient (Wildman–Crippen LogP) is 4.83. The third-order valence-corrected chi connectivity index (χ3v) is 8.25. The number of piperazine rings is 1. The standard InChI is InChI=1S/C28H26F2N4O3S/c1-19(26-23(29)7-3-8-24(26)30)33-15-17-34(18-16-33)28(35)21-10-12-22(13-11-21)32-38(36,37)25-9-2-5-20-6-4-14-31-27(20)25/h2-14,19,32H,15-18H2,1H3. The number of fused-ring (bicyclic) bond motifs is 1. The van der Waals surface area contributed by atoms with Crippen LogP contribution in [0, 0.1) is 11.6 Å². The fraction of sp³-hybridized carbons (Fsp3) is 0.214. The van der Waals surface area contributed by atoms with Crippen LogP contribution in [0.25, 0.3) is 10.9 Å². The summed E-state index contributed by atoms with van der Waals surface area (Å²) in [6, 6.07) is 18.1. The number of halogens is 2. The summed E-state index contributed by atoms with van der Waals surface area (Å²) in [7, 11) is -3.90. The van der Waals surface area contributed by atoms with Crippen molar-refractivity contribution in [3.8, 4) is 0 Å². The summed E-state index contributed by atoms with van der Waals surface area (Å²) < 4.78 is 57.0. The highest BCUT2D eigenvalue weighted by Crippen LogP contribution is 2.27. The zero-order chi connectivity index (χ0) is 26.9. The van der Waals surface area contributed by atoms with Gasteiger partial charge in [-0.3, -0.25) is 19.4 Å². The summed E-state index contributed by atoms with van der Waals surface area (Å²) in [5.41, 5.74) is 1.14. The number of anilines is 1.